The van der Waals surface area contributed by atoms with Crippen LogP contribution in [0.3, 0.4) is 0 Å². The molecule has 2 rings (SSSR count). The van der Waals surface area contributed by atoms with Gasteiger partial charge in [0.2, 0.25) is 0 Å². The normalized spacial score (nSPS) is 17.1. The number of rotatable bonds is 8. The number of hydrogen-bond acceptors (Lipinski definition) is 4. The maximum atomic E-state index is 5.74. The highest BCUT2D eigenvalue weighted by Crippen LogP contribution is 2.25. The summed E-state index contributed by atoms with van der Waals surface area (Å²) in [4.78, 5) is 4.23. The second-order valence-electron chi connectivity index (χ2n) is 5.53. The van der Waals surface area contributed by atoms with E-state index in [-0.39, 0.29) is 30.1 Å². The summed E-state index contributed by atoms with van der Waals surface area (Å²) < 4.78 is 17.2. The first-order chi connectivity index (χ1) is 11.7. The fourth-order valence-corrected chi connectivity index (χ4v) is 2.99. The molecule has 1 unspecified atom stereocenters. The highest BCUT2D eigenvalue weighted by atomic mass is 127. The van der Waals surface area contributed by atoms with E-state index in [0.29, 0.717) is 6.54 Å². The van der Waals surface area contributed by atoms with Crippen LogP contribution in [0.2, 0.25) is 0 Å². The van der Waals surface area contributed by atoms with E-state index in [2.05, 4.69) is 31.6 Å². The van der Waals surface area contributed by atoms with Gasteiger partial charge in [-0.15, -0.1) is 24.0 Å². The van der Waals surface area contributed by atoms with Gasteiger partial charge in [-0.25, -0.2) is 0 Å². The van der Waals surface area contributed by atoms with Crippen LogP contribution >= 0.6 is 39.9 Å². The Labute approximate surface area is 175 Å². The van der Waals surface area contributed by atoms with E-state index in [0.717, 1.165) is 61.0 Å². The Morgan fingerprint density at radius 3 is 2.88 bits per heavy atom. The van der Waals surface area contributed by atoms with Crippen molar-refractivity contribution in [1.29, 1.82) is 0 Å². The molecule has 142 valence electrons. The number of benzene rings is 1. The van der Waals surface area contributed by atoms with Crippen LogP contribution < -0.4 is 15.4 Å². The fraction of sp³-hybridized carbons (Fsp3) is 0.588. The van der Waals surface area contributed by atoms with Crippen molar-refractivity contribution in [3.8, 4) is 5.75 Å². The smallest absolute Gasteiger partial charge is 0.191 e. The topological polar surface area (TPSA) is 64.1 Å². The lowest BCUT2D eigenvalue weighted by atomic mass is 10.2. The first-order valence-electron chi connectivity index (χ1n) is 8.19. The lowest BCUT2D eigenvalue weighted by molar-refractivity contribution is 0.0420. The first-order valence-corrected chi connectivity index (χ1v) is 8.98. The highest BCUT2D eigenvalue weighted by molar-refractivity contribution is 14.0. The molecule has 1 fully saturated rings. The summed E-state index contributed by atoms with van der Waals surface area (Å²) in [6, 6.07) is 6.01. The van der Waals surface area contributed by atoms with Gasteiger partial charge in [0.15, 0.2) is 5.96 Å². The van der Waals surface area contributed by atoms with Gasteiger partial charge in [0.25, 0.3) is 0 Å². The summed E-state index contributed by atoms with van der Waals surface area (Å²) in [5.74, 6) is 1.61. The summed E-state index contributed by atoms with van der Waals surface area (Å²) in [6.45, 7) is 3.80. The summed E-state index contributed by atoms with van der Waals surface area (Å²) >= 11 is 3.50. The van der Waals surface area contributed by atoms with Crippen molar-refractivity contribution in [1.82, 2.24) is 10.6 Å². The minimum atomic E-state index is 0. The Balaban J connectivity index is 0.00000312. The Bertz CT molecular complexity index is 540. The van der Waals surface area contributed by atoms with Gasteiger partial charge in [0.1, 0.15) is 5.75 Å². The van der Waals surface area contributed by atoms with E-state index in [1.54, 1.807) is 14.2 Å². The van der Waals surface area contributed by atoms with Crippen molar-refractivity contribution in [3.63, 3.8) is 0 Å². The van der Waals surface area contributed by atoms with E-state index < -0.39 is 0 Å². The average molecular weight is 528 g/mol. The van der Waals surface area contributed by atoms with Crippen molar-refractivity contribution in [2.24, 2.45) is 4.99 Å². The zero-order valence-corrected chi connectivity index (χ0v) is 18.6. The van der Waals surface area contributed by atoms with Crippen LogP contribution in [0.25, 0.3) is 0 Å². The SMILES string of the molecule is CN=C(NCCCOC1CCOC1)NCc1ccc(OC)c(Br)c1.I. The molecule has 0 spiro atoms. The Hall–Kier alpha value is -0.580. The van der Waals surface area contributed by atoms with Gasteiger partial charge >= 0.3 is 0 Å². The number of nitrogens with zero attached hydrogens (tertiary/aromatic N) is 1. The average Bonchev–Trinajstić information content (AvgIpc) is 3.11. The molecule has 0 aromatic heterocycles. The number of aliphatic imine (C=N–C) groups is 1. The quantitative estimate of drug-likeness (QED) is 0.235. The summed E-state index contributed by atoms with van der Waals surface area (Å²) in [6.07, 6.45) is 2.22. The zero-order valence-electron chi connectivity index (χ0n) is 14.7. The van der Waals surface area contributed by atoms with Gasteiger partial charge in [-0.05, 0) is 46.5 Å². The Kier molecular flexibility index (Phi) is 11.4. The number of ether oxygens (including phenoxy) is 3. The second kappa shape index (κ2) is 12.7. The van der Waals surface area contributed by atoms with Gasteiger partial charge in [-0.1, -0.05) is 6.07 Å². The Morgan fingerprint density at radius 2 is 2.24 bits per heavy atom. The molecule has 0 radical (unpaired) electrons. The molecule has 8 heteroatoms. The van der Waals surface area contributed by atoms with Crippen LogP contribution in [-0.4, -0.2) is 52.6 Å². The summed E-state index contributed by atoms with van der Waals surface area (Å²) in [5.41, 5.74) is 1.15. The molecule has 0 saturated carbocycles. The van der Waals surface area contributed by atoms with Crippen molar-refractivity contribution >= 4 is 45.9 Å². The van der Waals surface area contributed by atoms with Crippen LogP contribution in [-0.2, 0) is 16.0 Å². The molecule has 1 atom stereocenters. The van der Waals surface area contributed by atoms with E-state index in [1.807, 2.05) is 18.2 Å². The van der Waals surface area contributed by atoms with Gasteiger partial charge in [0, 0.05) is 33.4 Å². The van der Waals surface area contributed by atoms with Gasteiger partial charge in [0.05, 0.1) is 24.3 Å². The minimum Gasteiger partial charge on any atom is -0.496 e. The largest absolute Gasteiger partial charge is 0.496 e. The van der Waals surface area contributed by atoms with E-state index in [9.17, 15) is 0 Å². The van der Waals surface area contributed by atoms with E-state index in [1.165, 1.54) is 0 Å². The molecule has 0 aliphatic carbocycles. The molecule has 1 aromatic carbocycles. The fourth-order valence-electron chi connectivity index (χ4n) is 2.40. The number of guanidine groups is 1. The van der Waals surface area contributed by atoms with Crippen LogP contribution in [0.1, 0.15) is 18.4 Å². The first kappa shape index (κ1) is 22.5. The van der Waals surface area contributed by atoms with Crippen molar-refractivity contribution in [3.05, 3.63) is 28.2 Å². The van der Waals surface area contributed by atoms with Crippen LogP contribution in [0.15, 0.2) is 27.7 Å². The predicted octanol–water partition coefficient (Wildman–Crippen LogP) is 2.94. The maximum Gasteiger partial charge on any atom is 0.191 e. The molecule has 25 heavy (non-hydrogen) atoms. The second-order valence-corrected chi connectivity index (χ2v) is 6.39. The molecule has 1 aliphatic heterocycles. The highest BCUT2D eigenvalue weighted by Gasteiger charge is 2.15. The number of methoxy groups -OCH3 is 1. The van der Waals surface area contributed by atoms with Crippen molar-refractivity contribution in [2.75, 3.05) is 40.5 Å². The van der Waals surface area contributed by atoms with Crippen LogP contribution in [0.5, 0.6) is 5.75 Å². The lowest BCUT2D eigenvalue weighted by Gasteiger charge is -2.13. The zero-order chi connectivity index (χ0) is 17.2. The third kappa shape index (κ3) is 8.10. The molecule has 2 N–H and O–H groups in total. The number of halogens is 2. The van der Waals surface area contributed by atoms with E-state index >= 15 is 0 Å². The predicted molar refractivity (Wildman–Crippen MR) is 114 cm³/mol. The standard InChI is InChI=1S/C17H26BrN3O3.HI/c1-19-17(20-7-3-8-24-14-6-9-23-12-14)21-11-13-4-5-16(22-2)15(18)10-13;/h4-5,10,14H,3,6-9,11-12H2,1-2H3,(H2,19,20,21);1H. The molecule has 1 heterocycles. The van der Waals surface area contributed by atoms with Crippen LogP contribution in [0, 0.1) is 0 Å². The monoisotopic (exact) mass is 527 g/mol. The summed E-state index contributed by atoms with van der Waals surface area (Å²) in [7, 11) is 3.43. The van der Waals surface area contributed by atoms with Crippen molar-refractivity contribution in [2.45, 2.75) is 25.5 Å². The molecule has 6 nitrogen and oxygen atoms in total. The van der Waals surface area contributed by atoms with E-state index in [4.69, 9.17) is 14.2 Å². The molecule has 1 saturated heterocycles. The molecule has 0 amide bonds. The molecule has 1 aromatic rings. The maximum absolute atomic E-state index is 5.74. The number of nitrogens with one attached hydrogen (secondary N) is 2. The number of hydrogen-bond donors (Lipinski definition) is 2. The third-order valence-electron chi connectivity index (χ3n) is 3.75. The lowest BCUT2D eigenvalue weighted by Crippen LogP contribution is -2.37. The minimum absolute atomic E-state index is 0. The Morgan fingerprint density at radius 1 is 1.40 bits per heavy atom. The van der Waals surface area contributed by atoms with Gasteiger partial charge < -0.3 is 24.8 Å². The summed E-state index contributed by atoms with van der Waals surface area (Å²) in [5, 5.41) is 6.59. The van der Waals surface area contributed by atoms with Crippen LogP contribution in [0.4, 0.5) is 0 Å². The van der Waals surface area contributed by atoms with Gasteiger partial charge in [-0.2, -0.15) is 0 Å². The third-order valence-corrected chi connectivity index (χ3v) is 4.37. The molecule has 0 bridgehead atoms. The van der Waals surface area contributed by atoms with Crippen molar-refractivity contribution < 1.29 is 14.2 Å². The van der Waals surface area contributed by atoms with Gasteiger partial charge in [-0.3, -0.25) is 4.99 Å². The molecular formula is C17H27BrIN3O3. The molecular weight excluding hydrogens is 501 g/mol. The molecule has 1 aliphatic rings.